The van der Waals surface area contributed by atoms with Crippen LogP contribution in [-0.4, -0.2) is 30.1 Å². The molecule has 0 aliphatic rings. The van der Waals surface area contributed by atoms with E-state index in [1.807, 2.05) is 13.0 Å². The molecule has 110 valence electrons. The molecule has 0 saturated heterocycles. The largest absolute Gasteiger partial charge is 0.395 e. The molecule has 19 heavy (non-hydrogen) atoms. The van der Waals surface area contributed by atoms with Gasteiger partial charge in [-0.25, -0.2) is 0 Å². The Morgan fingerprint density at radius 1 is 1.32 bits per heavy atom. The molecule has 0 radical (unpaired) electrons. The Hall–Kier alpha value is -1.62. The van der Waals surface area contributed by atoms with E-state index in [0.717, 1.165) is 37.3 Å². The third-order valence-corrected chi connectivity index (χ3v) is 2.11. The van der Waals surface area contributed by atoms with Crippen LogP contribution in [0.1, 0.15) is 39.5 Å². The van der Waals surface area contributed by atoms with Crippen LogP contribution in [0, 0.1) is 0 Å². The van der Waals surface area contributed by atoms with Gasteiger partial charge in [-0.3, -0.25) is 9.59 Å². The molecule has 0 aromatic carbocycles. The Kier molecular flexibility index (Phi) is 15.0. The molecular weight excluding hydrogens is 244 g/mol. The van der Waals surface area contributed by atoms with Crippen LogP contribution in [0.3, 0.4) is 0 Å². The predicted octanol–water partition coefficient (Wildman–Crippen LogP) is 1.28. The molecule has 4 N–H and O–H groups in total. The Balaban J connectivity index is 0. The Morgan fingerprint density at radius 3 is 2.32 bits per heavy atom. The maximum absolute atomic E-state index is 10.7. The Bertz CT molecular complexity index is 299. The van der Waals surface area contributed by atoms with Crippen LogP contribution in [0.5, 0.6) is 0 Å². The molecule has 2 amide bonds. The number of nitrogens with one attached hydrogen (secondary N) is 1. The topological polar surface area (TPSA) is 92.4 Å². The first-order valence-electron chi connectivity index (χ1n) is 6.53. The number of allylic oxidation sites excluding steroid dienone is 1. The van der Waals surface area contributed by atoms with E-state index >= 15 is 0 Å². The van der Waals surface area contributed by atoms with Gasteiger partial charge in [0.1, 0.15) is 0 Å². The van der Waals surface area contributed by atoms with E-state index in [0.29, 0.717) is 6.54 Å². The molecule has 0 bridgehead atoms. The van der Waals surface area contributed by atoms with E-state index in [1.165, 1.54) is 0 Å². The van der Waals surface area contributed by atoms with Gasteiger partial charge in [0.25, 0.3) is 0 Å². The molecule has 0 fully saturated rings. The highest BCUT2D eigenvalue weighted by molar-refractivity contribution is 5.91. The van der Waals surface area contributed by atoms with Gasteiger partial charge in [-0.1, -0.05) is 39.3 Å². The minimum Gasteiger partial charge on any atom is -0.395 e. The lowest BCUT2D eigenvalue weighted by atomic mass is 10.1. The Labute approximate surface area is 115 Å². The summed E-state index contributed by atoms with van der Waals surface area (Å²) in [5.74, 6) is -0.514. The fourth-order valence-electron chi connectivity index (χ4n) is 1.17. The van der Waals surface area contributed by atoms with E-state index in [4.69, 9.17) is 10.8 Å². The molecule has 0 unspecified atom stereocenters. The van der Waals surface area contributed by atoms with Crippen molar-refractivity contribution in [2.75, 3.05) is 13.2 Å². The molecule has 0 heterocycles. The molecule has 0 aromatic rings. The van der Waals surface area contributed by atoms with Crippen LogP contribution in [0.25, 0.3) is 0 Å². The molecule has 0 saturated carbocycles. The number of aliphatic hydroxyl groups is 1. The van der Waals surface area contributed by atoms with Crippen LogP contribution in [0.2, 0.25) is 0 Å². The summed E-state index contributed by atoms with van der Waals surface area (Å²) in [4.78, 5) is 21.0. The highest BCUT2D eigenvalue weighted by Gasteiger charge is 2.01. The second-order valence-electron chi connectivity index (χ2n) is 3.85. The smallest absolute Gasteiger partial charge is 0.244 e. The minimum atomic E-state index is -0.264. The second-order valence-corrected chi connectivity index (χ2v) is 3.85. The minimum absolute atomic E-state index is 0.0282. The van der Waals surface area contributed by atoms with Crippen LogP contribution in [0.4, 0.5) is 0 Å². The van der Waals surface area contributed by atoms with E-state index in [9.17, 15) is 9.59 Å². The standard InChI is InChI=1S/C9H17NO.C5H9NO2/c1-3-5-7-8(6-4-2)9(10)11;1-2-5(8)6-3-4-7/h7H,3-6H2,1-2H3,(H2,10,11);2,7H,1,3-4H2,(H,6,8). The second kappa shape index (κ2) is 14.4. The number of primary amides is 1. The van der Waals surface area contributed by atoms with Gasteiger partial charge in [-0.15, -0.1) is 0 Å². The van der Waals surface area contributed by atoms with Gasteiger partial charge in [0.2, 0.25) is 11.8 Å². The highest BCUT2D eigenvalue weighted by atomic mass is 16.3. The van der Waals surface area contributed by atoms with E-state index in [2.05, 4.69) is 18.8 Å². The molecule has 5 heteroatoms. The number of nitrogens with two attached hydrogens (primary N) is 1. The van der Waals surface area contributed by atoms with Crippen LogP contribution < -0.4 is 11.1 Å². The summed E-state index contributed by atoms with van der Waals surface area (Å²) in [7, 11) is 0. The number of unbranched alkanes of at least 4 members (excludes halogenated alkanes) is 1. The zero-order valence-corrected chi connectivity index (χ0v) is 11.9. The fourth-order valence-corrected chi connectivity index (χ4v) is 1.17. The normalized spacial score (nSPS) is 10.2. The number of aliphatic hydroxyl groups excluding tert-OH is 1. The van der Waals surface area contributed by atoms with Gasteiger partial charge in [-0.2, -0.15) is 0 Å². The lowest BCUT2D eigenvalue weighted by Crippen LogP contribution is -2.23. The van der Waals surface area contributed by atoms with Gasteiger partial charge in [0, 0.05) is 12.1 Å². The first-order valence-corrected chi connectivity index (χ1v) is 6.53. The molecule has 0 rings (SSSR count). The lowest BCUT2D eigenvalue weighted by molar-refractivity contribution is -0.116. The maximum atomic E-state index is 10.7. The molecule has 0 aromatic heterocycles. The fraction of sp³-hybridized carbons (Fsp3) is 0.571. The van der Waals surface area contributed by atoms with Gasteiger partial charge in [0.15, 0.2) is 0 Å². The summed E-state index contributed by atoms with van der Waals surface area (Å²) in [6, 6.07) is 0. The van der Waals surface area contributed by atoms with Crippen molar-refractivity contribution in [3.8, 4) is 0 Å². The number of carbonyl (C=O) groups is 2. The molecular formula is C14H26N2O3. The van der Waals surface area contributed by atoms with E-state index in [1.54, 1.807) is 0 Å². The summed E-state index contributed by atoms with van der Waals surface area (Å²) in [5.41, 5.74) is 5.94. The van der Waals surface area contributed by atoms with Crippen molar-refractivity contribution in [2.45, 2.75) is 39.5 Å². The third kappa shape index (κ3) is 14.3. The van der Waals surface area contributed by atoms with Crippen LogP contribution in [0.15, 0.2) is 24.3 Å². The summed E-state index contributed by atoms with van der Waals surface area (Å²) in [6.45, 7) is 7.62. The molecule has 0 atom stereocenters. The molecule has 5 nitrogen and oxygen atoms in total. The van der Waals surface area contributed by atoms with Crippen molar-refractivity contribution < 1.29 is 14.7 Å². The number of amides is 2. The lowest BCUT2D eigenvalue weighted by Gasteiger charge is -1.99. The number of rotatable bonds is 8. The van der Waals surface area contributed by atoms with Gasteiger partial charge < -0.3 is 16.2 Å². The average molecular weight is 270 g/mol. The van der Waals surface area contributed by atoms with Crippen molar-refractivity contribution in [1.82, 2.24) is 5.32 Å². The number of hydrogen-bond donors (Lipinski definition) is 3. The van der Waals surface area contributed by atoms with Crippen molar-refractivity contribution in [1.29, 1.82) is 0 Å². The molecule has 0 aliphatic carbocycles. The summed E-state index contributed by atoms with van der Waals surface area (Å²) >= 11 is 0. The third-order valence-electron chi connectivity index (χ3n) is 2.11. The monoisotopic (exact) mass is 270 g/mol. The predicted molar refractivity (Wildman–Crippen MR) is 77.4 cm³/mol. The van der Waals surface area contributed by atoms with Crippen LogP contribution in [-0.2, 0) is 9.59 Å². The zero-order valence-electron chi connectivity index (χ0n) is 11.9. The Morgan fingerprint density at radius 2 is 1.95 bits per heavy atom. The van der Waals surface area contributed by atoms with Crippen LogP contribution >= 0.6 is 0 Å². The average Bonchev–Trinajstić information content (AvgIpc) is 2.41. The van der Waals surface area contributed by atoms with Gasteiger partial charge in [-0.05, 0) is 18.9 Å². The molecule has 0 spiro atoms. The first-order chi connectivity index (χ1) is 9.03. The SMILES string of the molecule is C=CC(=O)NCCO.CCCC=C(CCC)C(N)=O. The van der Waals surface area contributed by atoms with Crippen molar-refractivity contribution in [3.05, 3.63) is 24.3 Å². The molecule has 0 aliphatic heterocycles. The van der Waals surface area contributed by atoms with E-state index < -0.39 is 0 Å². The van der Waals surface area contributed by atoms with Crippen molar-refractivity contribution >= 4 is 11.8 Å². The zero-order chi connectivity index (χ0) is 15.1. The first kappa shape index (κ1) is 19.7. The highest BCUT2D eigenvalue weighted by Crippen LogP contribution is 2.05. The van der Waals surface area contributed by atoms with Crippen molar-refractivity contribution in [2.24, 2.45) is 5.73 Å². The van der Waals surface area contributed by atoms with E-state index in [-0.39, 0.29) is 18.4 Å². The number of hydrogen-bond acceptors (Lipinski definition) is 3. The quantitative estimate of drug-likeness (QED) is 0.580. The maximum Gasteiger partial charge on any atom is 0.244 e. The summed E-state index contributed by atoms with van der Waals surface area (Å²) < 4.78 is 0. The van der Waals surface area contributed by atoms with Gasteiger partial charge >= 0.3 is 0 Å². The summed E-state index contributed by atoms with van der Waals surface area (Å²) in [5, 5.41) is 10.5. The van der Waals surface area contributed by atoms with Gasteiger partial charge in [0.05, 0.1) is 6.61 Å². The summed E-state index contributed by atoms with van der Waals surface area (Å²) in [6.07, 6.45) is 6.94. The van der Waals surface area contributed by atoms with Crippen molar-refractivity contribution in [3.63, 3.8) is 0 Å². The number of carbonyl (C=O) groups excluding carboxylic acids is 2.